The van der Waals surface area contributed by atoms with Crippen molar-refractivity contribution in [3.63, 3.8) is 0 Å². The van der Waals surface area contributed by atoms with Gasteiger partial charge in [0.2, 0.25) is 5.91 Å². The summed E-state index contributed by atoms with van der Waals surface area (Å²) in [4.78, 5) is 24.0. The normalized spacial score (nSPS) is 11.8. The number of hydrogen-bond acceptors (Lipinski definition) is 2. The van der Waals surface area contributed by atoms with Crippen molar-refractivity contribution in [1.29, 1.82) is 0 Å². The molecule has 1 atom stereocenters. The van der Waals surface area contributed by atoms with Crippen LogP contribution in [0.3, 0.4) is 0 Å². The molecule has 2 amide bonds. The van der Waals surface area contributed by atoms with Gasteiger partial charge in [-0.05, 0) is 42.0 Å². The van der Waals surface area contributed by atoms with Gasteiger partial charge < -0.3 is 16.0 Å². The second-order valence-electron chi connectivity index (χ2n) is 6.63. The summed E-state index contributed by atoms with van der Waals surface area (Å²) >= 11 is 0. The van der Waals surface area contributed by atoms with Crippen LogP contribution in [0.2, 0.25) is 0 Å². The first-order valence-corrected chi connectivity index (χ1v) is 9.16. The molecule has 28 heavy (non-hydrogen) atoms. The van der Waals surface area contributed by atoms with E-state index in [4.69, 9.17) is 0 Å². The molecule has 3 aromatic carbocycles. The summed E-state index contributed by atoms with van der Waals surface area (Å²) in [6.07, 6.45) is 0. The maximum Gasteiger partial charge on any atom is 0.275 e. The summed E-state index contributed by atoms with van der Waals surface area (Å²) in [6.45, 7) is 2.14. The molecule has 0 bridgehead atoms. The van der Waals surface area contributed by atoms with Crippen molar-refractivity contribution in [3.05, 3.63) is 78.1 Å². The predicted molar refractivity (Wildman–Crippen MR) is 107 cm³/mol. The van der Waals surface area contributed by atoms with Crippen LogP contribution in [0, 0.1) is 5.82 Å². The molecule has 4 N–H and O–H groups in total. The number of nitrogens with one attached hydrogen (secondary N) is 2. The van der Waals surface area contributed by atoms with Crippen molar-refractivity contribution in [1.82, 2.24) is 5.32 Å². The number of quaternary nitrogens is 1. The van der Waals surface area contributed by atoms with Gasteiger partial charge >= 0.3 is 0 Å². The summed E-state index contributed by atoms with van der Waals surface area (Å²) in [7, 11) is 0. The molecule has 0 heterocycles. The Morgan fingerprint density at radius 1 is 0.964 bits per heavy atom. The van der Waals surface area contributed by atoms with Crippen LogP contribution in [0.25, 0.3) is 10.8 Å². The smallest absolute Gasteiger partial charge is 0.275 e. The van der Waals surface area contributed by atoms with E-state index in [9.17, 15) is 14.0 Å². The highest BCUT2D eigenvalue weighted by Crippen LogP contribution is 2.21. The highest BCUT2D eigenvalue weighted by Gasteiger charge is 2.14. The van der Waals surface area contributed by atoms with E-state index in [-0.39, 0.29) is 36.8 Å². The molecule has 0 aliphatic carbocycles. The van der Waals surface area contributed by atoms with Gasteiger partial charge in [-0.25, -0.2) is 4.39 Å². The van der Waals surface area contributed by atoms with E-state index in [1.807, 2.05) is 23.5 Å². The van der Waals surface area contributed by atoms with Gasteiger partial charge in [-0.1, -0.05) is 42.5 Å². The lowest BCUT2D eigenvalue weighted by Crippen LogP contribution is -2.87. The zero-order valence-corrected chi connectivity index (χ0v) is 15.6. The van der Waals surface area contributed by atoms with E-state index < -0.39 is 0 Å². The standard InChI is InChI=1S/C22H22FN3O2/c1-15(19-8-4-6-16-5-2-3-7-20(16)19)24-13-21(27)25-14-22(28)26-18-11-9-17(23)10-12-18/h2-12,15,24H,13-14H2,1H3,(H,25,27)(H,26,28)/p+1/t15-/m0/s1. The Morgan fingerprint density at radius 3 is 2.46 bits per heavy atom. The van der Waals surface area contributed by atoms with Gasteiger partial charge in [0, 0.05) is 11.3 Å². The molecule has 0 saturated heterocycles. The van der Waals surface area contributed by atoms with Crippen LogP contribution in [0.15, 0.2) is 66.7 Å². The third-order valence-electron chi connectivity index (χ3n) is 4.54. The number of amides is 2. The van der Waals surface area contributed by atoms with E-state index in [0.29, 0.717) is 5.69 Å². The topological polar surface area (TPSA) is 74.8 Å². The molecule has 0 aliphatic rings. The number of anilines is 1. The fraction of sp³-hybridized carbons (Fsp3) is 0.182. The summed E-state index contributed by atoms with van der Waals surface area (Å²) in [6, 6.07) is 19.9. The predicted octanol–water partition coefficient (Wildman–Crippen LogP) is 2.36. The Kier molecular flexibility index (Phi) is 6.34. The van der Waals surface area contributed by atoms with Crippen LogP contribution in [-0.2, 0) is 9.59 Å². The third kappa shape index (κ3) is 5.14. The minimum atomic E-state index is -0.373. The minimum absolute atomic E-state index is 0.102. The number of benzene rings is 3. The average molecular weight is 380 g/mol. The quantitative estimate of drug-likeness (QED) is 0.589. The summed E-state index contributed by atoms with van der Waals surface area (Å²) in [5.74, 6) is -0.953. The van der Waals surface area contributed by atoms with Crippen molar-refractivity contribution in [2.75, 3.05) is 18.4 Å². The van der Waals surface area contributed by atoms with Crippen LogP contribution in [0.1, 0.15) is 18.5 Å². The highest BCUT2D eigenvalue weighted by molar-refractivity contribution is 5.94. The van der Waals surface area contributed by atoms with Crippen molar-refractivity contribution >= 4 is 28.3 Å². The molecule has 144 valence electrons. The Balaban J connectivity index is 1.47. The van der Waals surface area contributed by atoms with Gasteiger partial charge in [-0.2, -0.15) is 0 Å². The van der Waals surface area contributed by atoms with Crippen molar-refractivity contribution in [2.45, 2.75) is 13.0 Å². The molecule has 0 spiro atoms. The number of carbonyl (C=O) groups is 2. The molecule has 0 unspecified atom stereocenters. The fourth-order valence-corrected chi connectivity index (χ4v) is 3.05. The van der Waals surface area contributed by atoms with Crippen LogP contribution in [0.4, 0.5) is 10.1 Å². The average Bonchev–Trinajstić information content (AvgIpc) is 2.71. The second kappa shape index (κ2) is 9.10. The monoisotopic (exact) mass is 380 g/mol. The molecule has 6 heteroatoms. The maximum absolute atomic E-state index is 12.9. The van der Waals surface area contributed by atoms with Crippen LogP contribution in [-0.4, -0.2) is 24.9 Å². The van der Waals surface area contributed by atoms with E-state index >= 15 is 0 Å². The van der Waals surface area contributed by atoms with E-state index in [0.717, 1.165) is 0 Å². The lowest BCUT2D eigenvalue weighted by Gasteiger charge is -2.13. The number of carbonyl (C=O) groups excluding carboxylic acids is 2. The zero-order valence-electron chi connectivity index (χ0n) is 15.6. The molecule has 0 aromatic heterocycles. The summed E-state index contributed by atoms with van der Waals surface area (Å²) in [5.41, 5.74) is 1.65. The number of nitrogens with two attached hydrogens (primary N) is 1. The van der Waals surface area contributed by atoms with Crippen LogP contribution < -0.4 is 16.0 Å². The second-order valence-corrected chi connectivity index (χ2v) is 6.63. The van der Waals surface area contributed by atoms with Crippen molar-refractivity contribution in [2.24, 2.45) is 0 Å². The van der Waals surface area contributed by atoms with Crippen LogP contribution >= 0.6 is 0 Å². The lowest BCUT2D eigenvalue weighted by molar-refractivity contribution is -0.682. The maximum atomic E-state index is 12.9. The number of halogens is 1. The van der Waals surface area contributed by atoms with Gasteiger partial charge in [-0.3, -0.25) is 9.59 Å². The molecule has 3 rings (SSSR count). The van der Waals surface area contributed by atoms with E-state index in [1.54, 1.807) is 0 Å². The molecular weight excluding hydrogens is 357 g/mol. The van der Waals surface area contributed by atoms with Crippen molar-refractivity contribution in [3.8, 4) is 0 Å². The van der Waals surface area contributed by atoms with Crippen molar-refractivity contribution < 1.29 is 19.3 Å². The van der Waals surface area contributed by atoms with Gasteiger partial charge in [0.1, 0.15) is 11.9 Å². The van der Waals surface area contributed by atoms with Gasteiger partial charge in [0.05, 0.1) is 6.54 Å². The van der Waals surface area contributed by atoms with Gasteiger partial charge in [0.25, 0.3) is 5.91 Å². The number of hydrogen-bond donors (Lipinski definition) is 3. The molecular formula is C22H23FN3O2+. The highest BCUT2D eigenvalue weighted by atomic mass is 19.1. The molecule has 3 aromatic rings. The van der Waals surface area contributed by atoms with Gasteiger partial charge in [0.15, 0.2) is 6.54 Å². The SMILES string of the molecule is C[C@H]([NH2+]CC(=O)NCC(=O)Nc1ccc(F)cc1)c1cccc2ccccc12. The third-order valence-corrected chi connectivity index (χ3v) is 4.54. The number of fused-ring (bicyclic) bond motifs is 1. The van der Waals surface area contributed by atoms with E-state index in [1.165, 1.54) is 40.6 Å². The lowest BCUT2D eigenvalue weighted by atomic mass is 10.00. The largest absolute Gasteiger partial charge is 0.342 e. The van der Waals surface area contributed by atoms with Crippen LogP contribution in [0.5, 0.6) is 0 Å². The molecule has 0 saturated carbocycles. The summed E-state index contributed by atoms with van der Waals surface area (Å²) < 4.78 is 12.9. The molecule has 0 aliphatic heterocycles. The minimum Gasteiger partial charge on any atom is -0.342 e. The fourth-order valence-electron chi connectivity index (χ4n) is 3.05. The van der Waals surface area contributed by atoms with E-state index in [2.05, 4.69) is 41.8 Å². The first-order valence-electron chi connectivity index (χ1n) is 9.16. The Hall–Kier alpha value is -3.25. The first kappa shape index (κ1) is 19.5. The zero-order chi connectivity index (χ0) is 19.9. The van der Waals surface area contributed by atoms with Gasteiger partial charge in [-0.15, -0.1) is 0 Å². The Bertz CT molecular complexity index is 968. The molecule has 5 nitrogen and oxygen atoms in total. The number of rotatable bonds is 7. The first-order chi connectivity index (χ1) is 13.5. The molecule has 0 radical (unpaired) electrons. The summed E-state index contributed by atoms with van der Waals surface area (Å²) in [5, 5.41) is 9.49. The Labute approximate surface area is 162 Å². The molecule has 0 fully saturated rings. The Morgan fingerprint density at radius 2 is 1.68 bits per heavy atom.